The first kappa shape index (κ1) is 24.1. The maximum atomic E-state index is 12.2. The van der Waals surface area contributed by atoms with Gasteiger partial charge in [-0.25, -0.2) is 0 Å². The van der Waals surface area contributed by atoms with Gasteiger partial charge in [0, 0.05) is 13.1 Å². The number of aliphatic hydroxyl groups is 2. The van der Waals surface area contributed by atoms with Crippen LogP contribution in [0.5, 0.6) is 0 Å². The lowest BCUT2D eigenvalue weighted by Gasteiger charge is -2.26. The molecule has 0 spiro atoms. The third-order valence-electron chi connectivity index (χ3n) is 2.92. The second-order valence-corrected chi connectivity index (χ2v) is 5.40. The zero-order valence-electron chi connectivity index (χ0n) is 15.1. The highest BCUT2D eigenvalue weighted by Gasteiger charge is 2.25. The Morgan fingerprint density at radius 2 is 1.57 bits per heavy atom. The summed E-state index contributed by atoms with van der Waals surface area (Å²) in [4.78, 5) is 24.6. The summed E-state index contributed by atoms with van der Waals surface area (Å²) in [7, 11) is 0. The molecule has 0 aromatic carbocycles. The van der Waals surface area contributed by atoms with Crippen molar-refractivity contribution in [2.45, 2.75) is 72.1 Å². The molecule has 138 valence electrons. The molecule has 4 N–H and O–H groups in total. The molecule has 0 fully saturated rings. The van der Waals surface area contributed by atoms with Crippen molar-refractivity contribution >= 4 is 11.9 Å². The standard InChI is InChI=1S/C14H28N2O5.C2H6/c1-4-5-6-15-12(14(20)21)7-13(19)16(8-10(2)17)9-11(3)18;1-2/h10-12,15,17-18H,4-9H2,1-3H3,(H,20,21);1-2H3. The van der Waals surface area contributed by atoms with Gasteiger partial charge in [-0.2, -0.15) is 0 Å². The molecule has 3 unspecified atom stereocenters. The first-order valence-electron chi connectivity index (χ1n) is 8.38. The van der Waals surface area contributed by atoms with Crippen molar-refractivity contribution in [1.29, 1.82) is 0 Å². The topological polar surface area (TPSA) is 110 Å². The molecule has 3 atom stereocenters. The predicted molar refractivity (Wildman–Crippen MR) is 90.2 cm³/mol. The van der Waals surface area contributed by atoms with Crippen LogP contribution in [0.25, 0.3) is 0 Å². The van der Waals surface area contributed by atoms with Crippen molar-refractivity contribution in [1.82, 2.24) is 10.2 Å². The van der Waals surface area contributed by atoms with Gasteiger partial charge in [-0.15, -0.1) is 0 Å². The summed E-state index contributed by atoms with van der Waals surface area (Å²) >= 11 is 0. The van der Waals surface area contributed by atoms with E-state index in [4.69, 9.17) is 5.11 Å². The first-order valence-corrected chi connectivity index (χ1v) is 8.38. The molecule has 0 bridgehead atoms. The van der Waals surface area contributed by atoms with Crippen molar-refractivity contribution in [2.24, 2.45) is 0 Å². The molecular formula is C16H34N2O5. The van der Waals surface area contributed by atoms with E-state index in [1.165, 1.54) is 18.7 Å². The number of carbonyl (C=O) groups is 2. The molecular weight excluding hydrogens is 300 g/mol. The van der Waals surface area contributed by atoms with E-state index in [2.05, 4.69) is 5.32 Å². The monoisotopic (exact) mass is 334 g/mol. The number of hydrogen-bond donors (Lipinski definition) is 4. The Morgan fingerprint density at radius 3 is 1.91 bits per heavy atom. The van der Waals surface area contributed by atoms with Crippen LogP contribution in [0, 0.1) is 0 Å². The van der Waals surface area contributed by atoms with E-state index in [0.29, 0.717) is 6.54 Å². The van der Waals surface area contributed by atoms with Crippen LogP contribution in [0.15, 0.2) is 0 Å². The average molecular weight is 334 g/mol. The van der Waals surface area contributed by atoms with E-state index in [1.807, 2.05) is 20.8 Å². The Labute approximate surface area is 139 Å². The highest BCUT2D eigenvalue weighted by molar-refractivity contribution is 5.84. The van der Waals surface area contributed by atoms with Gasteiger partial charge in [-0.1, -0.05) is 27.2 Å². The van der Waals surface area contributed by atoms with Gasteiger partial charge >= 0.3 is 5.97 Å². The van der Waals surface area contributed by atoms with Crippen LogP contribution in [-0.4, -0.2) is 70.0 Å². The Balaban J connectivity index is 0. The van der Waals surface area contributed by atoms with E-state index < -0.39 is 30.1 Å². The number of hydrogen-bond acceptors (Lipinski definition) is 5. The van der Waals surface area contributed by atoms with Crippen molar-refractivity contribution < 1.29 is 24.9 Å². The molecule has 0 aromatic rings. The van der Waals surface area contributed by atoms with Crippen LogP contribution in [0.3, 0.4) is 0 Å². The number of carbonyl (C=O) groups excluding carboxylic acids is 1. The number of amides is 1. The minimum absolute atomic E-state index is 0.0744. The number of carboxylic acids is 1. The van der Waals surface area contributed by atoms with Gasteiger partial charge in [0.2, 0.25) is 5.91 Å². The summed E-state index contributed by atoms with van der Waals surface area (Å²) in [6.07, 6.45) is 0.110. The maximum Gasteiger partial charge on any atom is 0.321 e. The third-order valence-corrected chi connectivity index (χ3v) is 2.92. The van der Waals surface area contributed by atoms with Crippen molar-refractivity contribution in [2.75, 3.05) is 19.6 Å². The second-order valence-electron chi connectivity index (χ2n) is 5.40. The van der Waals surface area contributed by atoms with Gasteiger partial charge in [0.05, 0.1) is 18.6 Å². The summed E-state index contributed by atoms with van der Waals surface area (Å²) < 4.78 is 0. The SMILES string of the molecule is CC.CCCCNC(CC(=O)N(CC(C)O)CC(C)O)C(=O)O. The molecule has 7 nitrogen and oxygen atoms in total. The summed E-state index contributed by atoms with van der Waals surface area (Å²) in [5, 5.41) is 30.8. The first-order chi connectivity index (χ1) is 10.8. The molecule has 0 aliphatic carbocycles. The van der Waals surface area contributed by atoms with Gasteiger partial charge in [0.25, 0.3) is 0 Å². The molecule has 0 aliphatic heterocycles. The number of unbranched alkanes of at least 4 members (excludes halogenated alkanes) is 1. The van der Waals surface area contributed by atoms with Crippen LogP contribution >= 0.6 is 0 Å². The van der Waals surface area contributed by atoms with Gasteiger partial charge in [-0.3, -0.25) is 9.59 Å². The fraction of sp³-hybridized carbons (Fsp3) is 0.875. The van der Waals surface area contributed by atoms with Crippen LogP contribution < -0.4 is 5.32 Å². The fourth-order valence-corrected chi connectivity index (χ4v) is 1.92. The van der Waals surface area contributed by atoms with Crippen LogP contribution in [0.2, 0.25) is 0 Å². The molecule has 23 heavy (non-hydrogen) atoms. The van der Waals surface area contributed by atoms with Crippen molar-refractivity contribution in [3.8, 4) is 0 Å². The molecule has 0 saturated heterocycles. The number of nitrogens with zero attached hydrogens (tertiary/aromatic N) is 1. The second kappa shape index (κ2) is 14.4. The van der Waals surface area contributed by atoms with Crippen LogP contribution in [0.1, 0.15) is 53.9 Å². The molecule has 1 amide bonds. The van der Waals surface area contributed by atoms with E-state index in [-0.39, 0.29) is 19.5 Å². The zero-order valence-corrected chi connectivity index (χ0v) is 15.1. The van der Waals surface area contributed by atoms with E-state index in [1.54, 1.807) is 0 Å². The van der Waals surface area contributed by atoms with E-state index in [9.17, 15) is 19.8 Å². The Hall–Kier alpha value is -1.18. The number of carboxylic acid groups (broad SMARTS) is 1. The van der Waals surface area contributed by atoms with Gasteiger partial charge in [-0.05, 0) is 26.8 Å². The lowest BCUT2D eigenvalue weighted by atomic mass is 10.1. The number of aliphatic carboxylic acids is 1. The summed E-state index contributed by atoms with van der Waals surface area (Å²) in [5.74, 6) is -1.47. The normalized spacial score (nSPS) is 14.2. The minimum atomic E-state index is -1.08. The lowest BCUT2D eigenvalue weighted by molar-refractivity contribution is -0.144. The van der Waals surface area contributed by atoms with Crippen molar-refractivity contribution in [3.05, 3.63) is 0 Å². The molecule has 7 heteroatoms. The summed E-state index contributed by atoms with van der Waals surface area (Å²) in [5.41, 5.74) is 0. The van der Waals surface area contributed by atoms with E-state index >= 15 is 0 Å². The molecule has 0 rings (SSSR count). The molecule has 0 aromatic heterocycles. The quantitative estimate of drug-likeness (QED) is 0.417. The number of rotatable bonds is 11. The average Bonchev–Trinajstić information content (AvgIpc) is 2.46. The largest absolute Gasteiger partial charge is 0.480 e. The van der Waals surface area contributed by atoms with Crippen molar-refractivity contribution in [3.63, 3.8) is 0 Å². The van der Waals surface area contributed by atoms with Gasteiger partial charge in [0.1, 0.15) is 6.04 Å². The predicted octanol–water partition coefficient (Wildman–Crippen LogP) is 0.836. The lowest BCUT2D eigenvalue weighted by Crippen LogP contribution is -2.46. The molecule has 0 aliphatic rings. The maximum absolute atomic E-state index is 12.2. The Morgan fingerprint density at radius 1 is 1.09 bits per heavy atom. The van der Waals surface area contributed by atoms with Gasteiger partial charge < -0.3 is 25.5 Å². The van der Waals surface area contributed by atoms with Crippen LogP contribution in [-0.2, 0) is 9.59 Å². The third kappa shape index (κ3) is 13.0. The van der Waals surface area contributed by atoms with E-state index in [0.717, 1.165) is 12.8 Å². The van der Waals surface area contributed by atoms with Gasteiger partial charge in [0.15, 0.2) is 0 Å². The number of nitrogens with one attached hydrogen (secondary N) is 1. The summed E-state index contributed by atoms with van der Waals surface area (Å²) in [6.45, 7) is 9.76. The molecule has 0 radical (unpaired) electrons. The number of aliphatic hydroxyl groups excluding tert-OH is 2. The minimum Gasteiger partial charge on any atom is -0.480 e. The Kier molecular flexibility index (Phi) is 15.1. The zero-order chi connectivity index (χ0) is 18.4. The van der Waals surface area contributed by atoms with Crippen LogP contribution in [0.4, 0.5) is 0 Å². The fourth-order valence-electron chi connectivity index (χ4n) is 1.92. The highest BCUT2D eigenvalue weighted by atomic mass is 16.4. The summed E-state index contributed by atoms with van der Waals surface area (Å²) in [6, 6.07) is -0.949. The Bertz CT molecular complexity index is 312. The molecule has 0 saturated carbocycles. The molecule has 0 heterocycles. The highest BCUT2D eigenvalue weighted by Crippen LogP contribution is 2.04. The smallest absolute Gasteiger partial charge is 0.321 e.